The summed E-state index contributed by atoms with van der Waals surface area (Å²) in [6.45, 7) is 1.31. The lowest BCUT2D eigenvalue weighted by Crippen LogP contribution is -2.39. The average molecular weight is 438 g/mol. The van der Waals surface area contributed by atoms with Crippen LogP contribution in [0.4, 0.5) is 5.13 Å². The number of carbonyl (C=O) groups excluding carboxylic acids is 1. The predicted octanol–water partition coefficient (Wildman–Crippen LogP) is 4.41. The Bertz CT molecular complexity index is 903. The van der Waals surface area contributed by atoms with E-state index in [2.05, 4.69) is 11.0 Å². The third kappa shape index (κ3) is 5.61. The number of para-hydroxylation sites is 2. The van der Waals surface area contributed by atoms with Gasteiger partial charge in [-0.15, -0.1) is 24.2 Å². The van der Waals surface area contributed by atoms with E-state index in [1.165, 1.54) is 0 Å². The molecule has 0 N–H and O–H groups in total. The van der Waals surface area contributed by atoms with Crippen molar-refractivity contribution in [1.29, 1.82) is 0 Å². The van der Waals surface area contributed by atoms with Crippen LogP contribution in [0.3, 0.4) is 0 Å². The number of aromatic nitrogens is 1. The SMILES string of the molecule is CSc1cccc2sc(N(CCN(C)C)C(=O)COc3ccccc3)nc12.Cl. The molecule has 0 aliphatic rings. The highest BCUT2D eigenvalue weighted by Crippen LogP contribution is 2.34. The van der Waals surface area contributed by atoms with Gasteiger partial charge in [-0.25, -0.2) is 4.98 Å². The van der Waals surface area contributed by atoms with Crippen LogP contribution in [0.15, 0.2) is 53.4 Å². The molecule has 5 nitrogen and oxygen atoms in total. The van der Waals surface area contributed by atoms with Gasteiger partial charge in [-0.2, -0.15) is 0 Å². The van der Waals surface area contributed by atoms with Gasteiger partial charge in [-0.1, -0.05) is 35.6 Å². The van der Waals surface area contributed by atoms with Gasteiger partial charge in [0.15, 0.2) is 11.7 Å². The highest BCUT2D eigenvalue weighted by molar-refractivity contribution is 7.98. The van der Waals surface area contributed by atoms with Crippen LogP contribution in [0.25, 0.3) is 10.2 Å². The van der Waals surface area contributed by atoms with Gasteiger partial charge in [0, 0.05) is 18.0 Å². The number of thioether (sulfide) groups is 1. The fraction of sp³-hybridized carbons (Fsp3) is 0.300. The molecule has 0 fully saturated rings. The molecule has 2 aromatic carbocycles. The number of benzene rings is 2. The van der Waals surface area contributed by atoms with Gasteiger partial charge >= 0.3 is 0 Å². The Kier molecular flexibility index (Phi) is 8.57. The minimum absolute atomic E-state index is 0. The molecular formula is C20H24ClN3O2S2. The summed E-state index contributed by atoms with van der Waals surface area (Å²) in [5.74, 6) is 0.595. The van der Waals surface area contributed by atoms with Gasteiger partial charge in [0.05, 0.1) is 10.2 Å². The number of fused-ring (bicyclic) bond motifs is 1. The van der Waals surface area contributed by atoms with Gasteiger partial charge < -0.3 is 9.64 Å². The lowest BCUT2D eigenvalue weighted by atomic mass is 10.3. The maximum absolute atomic E-state index is 12.9. The molecule has 0 aliphatic carbocycles. The summed E-state index contributed by atoms with van der Waals surface area (Å²) in [5, 5.41) is 0.718. The molecule has 0 unspecified atom stereocenters. The lowest BCUT2D eigenvalue weighted by Gasteiger charge is -2.22. The molecule has 150 valence electrons. The van der Waals surface area contributed by atoms with Crippen molar-refractivity contribution < 1.29 is 9.53 Å². The lowest BCUT2D eigenvalue weighted by molar-refractivity contribution is -0.120. The number of thiazole rings is 1. The molecular weight excluding hydrogens is 414 g/mol. The first-order valence-corrected chi connectivity index (χ1v) is 10.7. The van der Waals surface area contributed by atoms with E-state index in [0.29, 0.717) is 12.3 Å². The number of amides is 1. The van der Waals surface area contributed by atoms with Crippen molar-refractivity contribution in [3.63, 3.8) is 0 Å². The number of carbonyl (C=O) groups is 1. The number of rotatable bonds is 8. The third-order valence-electron chi connectivity index (χ3n) is 4.00. The highest BCUT2D eigenvalue weighted by atomic mass is 35.5. The van der Waals surface area contributed by atoms with Crippen LogP contribution < -0.4 is 9.64 Å². The van der Waals surface area contributed by atoms with Crippen LogP contribution in [0.2, 0.25) is 0 Å². The Hall–Kier alpha value is -1.80. The molecule has 28 heavy (non-hydrogen) atoms. The van der Waals surface area contributed by atoms with Gasteiger partial charge in [0.1, 0.15) is 5.75 Å². The van der Waals surface area contributed by atoms with Crippen LogP contribution in [0.1, 0.15) is 0 Å². The quantitative estimate of drug-likeness (QED) is 0.488. The zero-order valence-corrected chi connectivity index (χ0v) is 18.6. The minimum atomic E-state index is -0.0922. The van der Waals surface area contributed by atoms with E-state index in [1.807, 2.05) is 62.8 Å². The maximum Gasteiger partial charge on any atom is 0.266 e. The second-order valence-corrected chi connectivity index (χ2v) is 8.11. The summed E-state index contributed by atoms with van der Waals surface area (Å²) in [6, 6.07) is 15.5. The molecule has 1 amide bonds. The summed E-state index contributed by atoms with van der Waals surface area (Å²) < 4.78 is 6.75. The second kappa shape index (κ2) is 10.7. The van der Waals surface area contributed by atoms with Crippen LogP contribution in [-0.2, 0) is 4.79 Å². The summed E-state index contributed by atoms with van der Waals surface area (Å²) in [5.41, 5.74) is 0.955. The molecule has 8 heteroatoms. The normalized spacial score (nSPS) is 10.7. The van der Waals surface area contributed by atoms with Crippen molar-refractivity contribution in [3.05, 3.63) is 48.5 Å². The fourth-order valence-corrected chi connectivity index (χ4v) is 4.22. The van der Waals surface area contributed by atoms with E-state index in [4.69, 9.17) is 9.72 Å². The summed E-state index contributed by atoms with van der Waals surface area (Å²) in [4.78, 5) is 22.6. The Morgan fingerprint density at radius 2 is 1.86 bits per heavy atom. The second-order valence-electron chi connectivity index (χ2n) is 6.25. The van der Waals surface area contributed by atoms with Crippen molar-refractivity contribution in [2.45, 2.75) is 4.90 Å². The van der Waals surface area contributed by atoms with Crippen molar-refractivity contribution in [1.82, 2.24) is 9.88 Å². The Labute approximate surface area is 180 Å². The van der Waals surface area contributed by atoms with Crippen LogP contribution in [0.5, 0.6) is 5.75 Å². The summed E-state index contributed by atoms with van der Waals surface area (Å²) in [6.07, 6.45) is 2.04. The highest BCUT2D eigenvalue weighted by Gasteiger charge is 2.21. The third-order valence-corrected chi connectivity index (χ3v) is 5.81. The van der Waals surface area contributed by atoms with Crippen LogP contribution >= 0.6 is 35.5 Å². The number of nitrogens with zero attached hydrogens (tertiary/aromatic N) is 3. The molecule has 1 aromatic heterocycles. The van der Waals surface area contributed by atoms with Crippen molar-refractivity contribution in [3.8, 4) is 5.75 Å². The Balaban J connectivity index is 0.00000280. The molecule has 0 spiro atoms. The van der Waals surface area contributed by atoms with Crippen molar-refractivity contribution in [2.24, 2.45) is 0 Å². The zero-order chi connectivity index (χ0) is 19.2. The zero-order valence-electron chi connectivity index (χ0n) is 16.1. The van der Waals surface area contributed by atoms with Crippen LogP contribution in [0, 0.1) is 0 Å². The number of hydrogen-bond acceptors (Lipinski definition) is 6. The van der Waals surface area contributed by atoms with E-state index in [9.17, 15) is 4.79 Å². The van der Waals surface area contributed by atoms with E-state index in [0.717, 1.165) is 26.8 Å². The number of hydrogen-bond donors (Lipinski definition) is 0. The molecule has 0 bridgehead atoms. The molecule has 3 rings (SSSR count). The number of anilines is 1. The first-order chi connectivity index (χ1) is 13.1. The van der Waals surface area contributed by atoms with Crippen LogP contribution in [-0.4, -0.2) is 55.8 Å². The molecule has 1 heterocycles. The standard InChI is InChI=1S/C20H23N3O2S2.ClH/c1-22(2)12-13-23(18(24)14-25-15-8-5-4-6-9-15)20-21-19-16(26-3)10-7-11-17(19)27-20;/h4-11H,12-14H2,1-3H3;1H. The topological polar surface area (TPSA) is 45.7 Å². The first kappa shape index (κ1) is 22.5. The van der Waals surface area contributed by atoms with E-state index in [-0.39, 0.29) is 24.9 Å². The molecule has 0 saturated heterocycles. The number of ether oxygens (including phenoxy) is 1. The molecule has 0 aliphatic heterocycles. The van der Waals surface area contributed by atoms with Gasteiger partial charge in [0.2, 0.25) is 0 Å². The average Bonchev–Trinajstić information content (AvgIpc) is 3.11. The molecule has 0 radical (unpaired) electrons. The first-order valence-electron chi connectivity index (χ1n) is 8.65. The number of halogens is 1. The molecule has 0 atom stereocenters. The van der Waals surface area contributed by atoms with E-state index >= 15 is 0 Å². The van der Waals surface area contributed by atoms with Gasteiger partial charge in [0.25, 0.3) is 5.91 Å². The largest absolute Gasteiger partial charge is 0.484 e. The molecule has 3 aromatic rings. The van der Waals surface area contributed by atoms with Crippen molar-refractivity contribution in [2.75, 3.05) is 44.9 Å². The monoisotopic (exact) mass is 437 g/mol. The van der Waals surface area contributed by atoms with Gasteiger partial charge in [-0.3, -0.25) is 9.69 Å². The van der Waals surface area contributed by atoms with Crippen molar-refractivity contribution >= 4 is 56.8 Å². The van der Waals surface area contributed by atoms with E-state index < -0.39 is 0 Å². The fourth-order valence-electron chi connectivity index (χ4n) is 2.56. The predicted molar refractivity (Wildman–Crippen MR) is 121 cm³/mol. The summed E-state index contributed by atoms with van der Waals surface area (Å²) in [7, 11) is 3.99. The van der Waals surface area contributed by atoms with E-state index in [1.54, 1.807) is 28.0 Å². The number of likely N-dealkylation sites (N-methyl/N-ethyl adjacent to an activating group) is 1. The maximum atomic E-state index is 12.9. The smallest absolute Gasteiger partial charge is 0.266 e. The molecule has 0 saturated carbocycles. The summed E-state index contributed by atoms with van der Waals surface area (Å²) >= 11 is 3.21. The minimum Gasteiger partial charge on any atom is -0.484 e. The Morgan fingerprint density at radius 1 is 1.11 bits per heavy atom. The van der Waals surface area contributed by atoms with Gasteiger partial charge in [-0.05, 0) is 44.6 Å². The Morgan fingerprint density at radius 3 is 2.54 bits per heavy atom.